The van der Waals surface area contributed by atoms with Gasteiger partial charge in [-0.15, -0.1) is 0 Å². The number of rotatable bonds is 5. The molecule has 0 amide bonds. The Kier molecular flexibility index (Phi) is 5.99. The van der Waals surface area contributed by atoms with Crippen LogP contribution in [0.4, 0.5) is 0 Å². The molecule has 3 nitrogen and oxygen atoms in total. The van der Waals surface area contributed by atoms with Crippen molar-refractivity contribution in [2.75, 3.05) is 0 Å². The molecule has 0 unspecified atom stereocenters. The normalized spacial score (nSPS) is 47.1. The van der Waals surface area contributed by atoms with Gasteiger partial charge >= 0.3 is 0 Å². The molecule has 3 fully saturated rings. The topological polar surface area (TPSA) is 60.7 Å². The minimum Gasteiger partial charge on any atom is -0.393 e. The van der Waals surface area contributed by atoms with Gasteiger partial charge in [-0.1, -0.05) is 45.3 Å². The number of aliphatic hydroxyl groups excluding tert-OH is 2. The first-order valence-electron chi connectivity index (χ1n) is 12.8. The van der Waals surface area contributed by atoms with E-state index in [0.29, 0.717) is 29.1 Å². The molecule has 3 saturated carbocycles. The number of fused-ring (bicyclic) bond motifs is 5. The van der Waals surface area contributed by atoms with Crippen molar-refractivity contribution in [3.8, 4) is 0 Å². The second kappa shape index (κ2) is 7.89. The van der Waals surface area contributed by atoms with E-state index < -0.39 is 5.60 Å². The van der Waals surface area contributed by atoms with Crippen molar-refractivity contribution in [1.82, 2.24) is 0 Å². The Hall–Kier alpha value is -0.380. The summed E-state index contributed by atoms with van der Waals surface area (Å²) in [5.74, 6) is 3.01. The Bertz CT molecular complexity index is 664. The van der Waals surface area contributed by atoms with Gasteiger partial charge < -0.3 is 15.3 Å². The van der Waals surface area contributed by atoms with Crippen molar-refractivity contribution < 1.29 is 15.3 Å². The summed E-state index contributed by atoms with van der Waals surface area (Å²) in [4.78, 5) is 0. The van der Waals surface area contributed by atoms with Crippen LogP contribution in [-0.4, -0.2) is 33.1 Å². The van der Waals surface area contributed by atoms with Gasteiger partial charge in [-0.25, -0.2) is 0 Å². The minimum absolute atomic E-state index is 0.181. The third-order valence-corrected chi connectivity index (χ3v) is 10.3. The number of hydrogen-bond donors (Lipinski definition) is 3. The molecule has 0 saturated heterocycles. The van der Waals surface area contributed by atoms with Crippen LogP contribution in [0.25, 0.3) is 0 Å². The third-order valence-electron chi connectivity index (χ3n) is 10.3. The van der Waals surface area contributed by atoms with Crippen molar-refractivity contribution in [3.05, 3.63) is 11.6 Å². The molecule has 172 valence electrons. The van der Waals surface area contributed by atoms with E-state index in [9.17, 15) is 15.3 Å². The lowest BCUT2D eigenvalue weighted by Crippen LogP contribution is -2.54. The van der Waals surface area contributed by atoms with Crippen LogP contribution in [0.2, 0.25) is 0 Å². The highest BCUT2D eigenvalue weighted by Crippen LogP contribution is 2.67. The van der Waals surface area contributed by atoms with E-state index in [4.69, 9.17) is 0 Å². The molecule has 0 aromatic carbocycles. The van der Waals surface area contributed by atoms with Crippen molar-refractivity contribution in [3.63, 3.8) is 0 Å². The highest BCUT2D eigenvalue weighted by atomic mass is 16.3. The molecule has 4 rings (SSSR count). The largest absolute Gasteiger partial charge is 0.393 e. The van der Waals surface area contributed by atoms with Gasteiger partial charge in [0, 0.05) is 0 Å². The fourth-order valence-corrected chi connectivity index (χ4v) is 8.66. The number of aliphatic hydroxyl groups is 3. The van der Waals surface area contributed by atoms with Gasteiger partial charge in [0.05, 0.1) is 17.8 Å². The fourth-order valence-electron chi connectivity index (χ4n) is 8.66. The van der Waals surface area contributed by atoms with Crippen LogP contribution in [0.1, 0.15) is 98.8 Å². The van der Waals surface area contributed by atoms with Crippen LogP contribution in [0.5, 0.6) is 0 Å². The molecule has 0 heterocycles. The average molecular weight is 419 g/mol. The summed E-state index contributed by atoms with van der Waals surface area (Å²) in [6.07, 6.45) is 12.6. The van der Waals surface area contributed by atoms with Gasteiger partial charge in [0.15, 0.2) is 0 Å². The summed E-state index contributed by atoms with van der Waals surface area (Å²) >= 11 is 0. The molecule has 3 heteroatoms. The molecule has 4 aliphatic carbocycles. The average Bonchev–Trinajstić information content (AvgIpc) is 2.99. The fraction of sp³-hybridized carbons (Fsp3) is 0.926. The van der Waals surface area contributed by atoms with E-state index in [1.807, 2.05) is 13.8 Å². The van der Waals surface area contributed by atoms with E-state index in [0.717, 1.165) is 38.0 Å². The SMILES string of the molecule is C[C@H](CCCC(C)(C)O)[C@H]1CC[C@H]2[C@@H]3[C@@H](O)C=C4C[C@@H](O)CC[C@]4(C)[C@H]3CC[C@]12C. The Labute approximate surface area is 184 Å². The van der Waals surface area contributed by atoms with Crippen LogP contribution in [-0.2, 0) is 0 Å². The summed E-state index contributed by atoms with van der Waals surface area (Å²) in [6.45, 7) is 11.2. The van der Waals surface area contributed by atoms with Crippen LogP contribution < -0.4 is 0 Å². The van der Waals surface area contributed by atoms with Crippen molar-refractivity contribution in [2.45, 2.75) is 117 Å². The molecule has 0 aliphatic heterocycles. The molecule has 0 aromatic rings. The summed E-state index contributed by atoms with van der Waals surface area (Å²) in [7, 11) is 0. The van der Waals surface area contributed by atoms with E-state index in [-0.39, 0.29) is 17.6 Å². The van der Waals surface area contributed by atoms with Gasteiger partial charge in [-0.05, 0) is 106 Å². The van der Waals surface area contributed by atoms with E-state index in [1.165, 1.54) is 37.7 Å². The molecular formula is C27H46O3. The molecule has 4 aliphatic rings. The van der Waals surface area contributed by atoms with Crippen LogP contribution >= 0.6 is 0 Å². The van der Waals surface area contributed by atoms with Gasteiger partial charge in [0.1, 0.15) is 0 Å². The first-order valence-corrected chi connectivity index (χ1v) is 12.8. The Morgan fingerprint density at radius 1 is 1.07 bits per heavy atom. The van der Waals surface area contributed by atoms with E-state index in [1.54, 1.807) is 0 Å². The van der Waals surface area contributed by atoms with Gasteiger partial charge in [0.25, 0.3) is 0 Å². The molecule has 0 aromatic heterocycles. The van der Waals surface area contributed by atoms with Gasteiger partial charge in [-0.2, -0.15) is 0 Å². The van der Waals surface area contributed by atoms with Crippen LogP contribution in [0, 0.1) is 40.4 Å². The van der Waals surface area contributed by atoms with Crippen molar-refractivity contribution in [2.24, 2.45) is 40.4 Å². The predicted molar refractivity (Wildman–Crippen MR) is 122 cm³/mol. The lowest BCUT2D eigenvalue weighted by molar-refractivity contribution is -0.0971. The second-order valence-electron chi connectivity index (χ2n) is 12.7. The summed E-state index contributed by atoms with van der Waals surface area (Å²) in [5, 5.41) is 31.6. The molecule has 0 bridgehead atoms. The summed E-state index contributed by atoms with van der Waals surface area (Å²) in [5.41, 5.74) is 1.31. The van der Waals surface area contributed by atoms with E-state index in [2.05, 4.69) is 26.8 Å². The Balaban J connectivity index is 1.52. The predicted octanol–water partition coefficient (Wildman–Crippen LogP) is 5.47. The van der Waals surface area contributed by atoms with Crippen LogP contribution in [0.3, 0.4) is 0 Å². The van der Waals surface area contributed by atoms with Gasteiger partial charge in [0.2, 0.25) is 0 Å². The molecule has 0 spiro atoms. The first-order chi connectivity index (χ1) is 14.0. The summed E-state index contributed by atoms with van der Waals surface area (Å²) < 4.78 is 0. The second-order valence-corrected chi connectivity index (χ2v) is 12.7. The minimum atomic E-state index is -0.556. The third kappa shape index (κ3) is 3.82. The zero-order chi connectivity index (χ0) is 21.9. The number of hydrogen-bond acceptors (Lipinski definition) is 3. The van der Waals surface area contributed by atoms with Crippen molar-refractivity contribution in [1.29, 1.82) is 0 Å². The maximum atomic E-state index is 11.3. The van der Waals surface area contributed by atoms with E-state index >= 15 is 0 Å². The lowest BCUT2D eigenvalue weighted by Gasteiger charge is -2.59. The van der Waals surface area contributed by atoms with Crippen LogP contribution in [0.15, 0.2) is 11.6 Å². The van der Waals surface area contributed by atoms with Crippen molar-refractivity contribution >= 4 is 0 Å². The smallest absolute Gasteiger partial charge is 0.0757 e. The summed E-state index contributed by atoms with van der Waals surface area (Å²) in [6, 6.07) is 0. The maximum Gasteiger partial charge on any atom is 0.0757 e. The Morgan fingerprint density at radius 2 is 1.80 bits per heavy atom. The monoisotopic (exact) mass is 418 g/mol. The lowest BCUT2D eigenvalue weighted by atomic mass is 9.46. The highest BCUT2D eigenvalue weighted by Gasteiger charge is 2.61. The molecular weight excluding hydrogens is 372 g/mol. The standard InChI is InChI=1S/C27H46O3/c1-17(7-6-12-25(2,3)30)20-8-9-21-24-22(11-14-27(20,21)5)26(4)13-10-19(28)15-18(26)16-23(24)29/h16-17,19-24,28-30H,6-15H2,1-5H3/t17-,19+,20-,21+,22+,23+,24+,26+,27-/m1/s1. The quantitative estimate of drug-likeness (QED) is 0.519. The van der Waals surface area contributed by atoms with Gasteiger partial charge in [-0.3, -0.25) is 0 Å². The zero-order valence-electron chi connectivity index (χ0n) is 20.0. The molecule has 30 heavy (non-hydrogen) atoms. The maximum absolute atomic E-state index is 11.3. The first kappa shape index (κ1) is 22.8. The molecule has 0 radical (unpaired) electrons. The zero-order valence-corrected chi connectivity index (χ0v) is 20.0. The Morgan fingerprint density at radius 3 is 2.50 bits per heavy atom. The highest BCUT2D eigenvalue weighted by molar-refractivity contribution is 5.27. The molecule has 3 N–H and O–H groups in total. The molecule has 9 atom stereocenters.